The van der Waals surface area contributed by atoms with Crippen LogP contribution < -0.4 is 4.74 Å². The summed E-state index contributed by atoms with van der Waals surface area (Å²) in [5, 5.41) is 3.96. The number of ether oxygens (including phenoxy) is 3. The van der Waals surface area contributed by atoms with Gasteiger partial charge in [-0.2, -0.15) is 4.98 Å². The van der Waals surface area contributed by atoms with Gasteiger partial charge in [-0.1, -0.05) is 5.16 Å². The molecule has 1 aliphatic rings. The van der Waals surface area contributed by atoms with E-state index in [-0.39, 0.29) is 18.5 Å². The summed E-state index contributed by atoms with van der Waals surface area (Å²) in [6.07, 6.45) is 3.74. The Balaban J connectivity index is 1.44. The average molecular weight is 360 g/mol. The van der Waals surface area contributed by atoms with Crippen LogP contribution in [0.3, 0.4) is 0 Å². The molecule has 1 unspecified atom stereocenters. The van der Waals surface area contributed by atoms with Crippen molar-refractivity contribution in [3.63, 3.8) is 0 Å². The number of carbonyl (C=O) groups excluding carboxylic acids is 1. The fraction of sp³-hybridized carbons (Fsp3) is 0.526. The standard InChI is InChI=1S/C19H24N2O5/c1-2-23-15-8-6-14(7-9-15)19-20-17(26-21-19)10-11-18(22)25-13-16-5-3-4-12-24-16/h6-9,16H,2-5,10-13H2,1H3. The maximum Gasteiger partial charge on any atom is 0.306 e. The first-order valence-corrected chi connectivity index (χ1v) is 9.07. The molecule has 3 rings (SSSR count). The second-order valence-electron chi connectivity index (χ2n) is 6.14. The Morgan fingerprint density at radius 1 is 1.27 bits per heavy atom. The highest BCUT2D eigenvalue weighted by Crippen LogP contribution is 2.20. The largest absolute Gasteiger partial charge is 0.494 e. The lowest BCUT2D eigenvalue weighted by molar-refractivity contribution is -0.149. The fourth-order valence-electron chi connectivity index (χ4n) is 2.75. The van der Waals surface area contributed by atoms with Crippen molar-refractivity contribution in [1.82, 2.24) is 10.1 Å². The van der Waals surface area contributed by atoms with Gasteiger partial charge in [0.1, 0.15) is 12.4 Å². The predicted octanol–water partition coefficient (Wildman–Crippen LogP) is 3.18. The van der Waals surface area contributed by atoms with E-state index in [9.17, 15) is 4.79 Å². The van der Waals surface area contributed by atoms with Crippen LogP contribution in [0, 0.1) is 0 Å². The van der Waals surface area contributed by atoms with Gasteiger partial charge in [0, 0.05) is 18.6 Å². The molecule has 0 amide bonds. The van der Waals surface area contributed by atoms with Gasteiger partial charge < -0.3 is 18.7 Å². The van der Waals surface area contributed by atoms with Crippen molar-refractivity contribution in [2.75, 3.05) is 19.8 Å². The minimum atomic E-state index is -0.278. The molecule has 0 saturated carbocycles. The Bertz CT molecular complexity index is 692. The first-order chi connectivity index (χ1) is 12.7. The zero-order valence-corrected chi connectivity index (χ0v) is 15.0. The smallest absolute Gasteiger partial charge is 0.306 e. The van der Waals surface area contributed by atoms with E-state index in [0.717, 1.165) is 37.2 Å². The van der Waals surface area contributed by atoms with E-state index < -0.39 is 0 Å². The quantitative estimate of drug-likeness (QED) is 0.669. The molecule has 0 spiro atoms. The predicted molar refractivity (Wildman–Crippen MR) is 93.8 cm³/mol. The summed E-state index contributed by atoms with van der Waals surface area (Å²) in [5.41, 5.74) is 0.834. The van der Waals surface area contributed by atoms with Crippen molar-refractivity contribution in [3.05, 3.63) is 30.2 Å². The Morgan fingerprint density at radius 3 is 2.85 bits per heavy atom. The van der Waals surface area contributed by atoms with Crippen molar-refractivity contribution in [1.29, 1.82) is 0 Å². The molecule has 2 heterocycles. The van der Waals surface area contributed by atoms with Gasteiger partial charge in [-0.05, 0) is 50.5 Å². The highest BCUT2D eigenvalue weighted by atomic mass is 16.6. The second-order valence-corrected chi connectivity index (χ2v) is 6.14. The van der Waals surface area contributed by atoms with Gasteiger partial charge in [-0.15, -0.1) is 0 Å². The molecule has 1 atom stereocenters. The number of esters is 1. The van der Waals surface area contributed by atoms with Gasteiger partial charge in [-0.3, -0.25) is 4.79 Å². The van der Waals surface area contributed by atoms with E-state index in [4.69, 9.17) is 18.7 Å². The van der Waals surface area contributed by atoms with Gasteiger partial charge in [0.05, 0.1) is 19.1 Å². The van der Waals surface area contributed by atoms with E-state index in [1.165, 1.54) is 0 Å². The number of aryl methyl sites for hydroxylation is 1. The number of aromatic nitrogens is 2. The van der Waals surface area contributed by atoms with E-state index >= 15 is 0 Å². The van der Waals surface area contributed by atoms with Gasteiger partial charge in [0.15, 0.2) is 0 Å². The molecule has 0 bridgehead atoms. The summed E-state index contributed by atoms with van der Waals surface area (Å²) in [6.45, 7) is 3.62. The van der Waals surface area contributed by atoms with Crippen LogP contribution in [0.2, 0.25) is 0 Å². The highest BCUT2D eigenvalue weighted by molar-refractivity contribution is 5.69. The lowest BCUT2D eigenvalue weighted by Crippen LogP contribution is -2.26. The molecule has 2 aromatic rings. The molecule has 7 heteroatoms. The zero-order chi connectivity index (χ0) is 18.2. The molecular weight excluding hydrogens is 336 g/mol. The molecule has 26 heavy (non-hydrogen) atoms. The molecule has 1 aromatic carbocycles. The summed E-state index contributed by atoms with van der Waals surface area (Å²) in [4.78, 5) is 16.2. The normalized spacial score (nSPS) is 17.0. The third-order valence-electron chi connectivity index (χ3n) is 4.14. The number of hydrogen-bond acceptors (Lipinski definition) is 7. The highest BCUT2D eigenvalue weighted by Gasteiger charge is 2.17. The van der Waals surface area contributed by atoms with Gasteiger partial charge in [0.25, 0.3) is 0 Å². The van der Waals surface area contributed by atoms with Crippen molar-refractivity contribution in [2.24, 2.45) is 0 Å². The summed E-state index contributed by atoms with van der Waals surface area (Å²) < 4.78 is 21.4. The lowest BCUT2D eigenvalue weighted by Gasteiger charge is -2.21. The molecule has 0 aliphatic carbocycles. The molecule has 0 N–H and O–H groups in total. The van der Waals surface area contributed by atoms with Crippen molar-refractivity contribution in [2.45, 2.75) is 45.1 Å². The number of carbonyl (C=O) groups is 1. The Morgan fingerprint density at radius 2 is 2.12 bits per heavy atom. The molecule has 1 aromatic heterocycles. The molecular formula is C19H24N2O5. The second kappa shape index (κ2) is 9.33. The molecule has 140 valence electrons. The maximum atomic E-state index is 11.9. The average Bonchev–Trinajstić information content (AvgIpc) is 3.15. The van der Waals surface area contributed by atoms with Crippen LogP contribution in [0.15, 0.2) is 28.8 Å². The number of rotatable bonds is 8. The third-order valence-corrected chi connectivity index (χ3v) is 4.14. The molecule has 0 radical (unpaired) electrons. The van der Waals surface area contributed by atoms with E-state index in [0.29, 0.717) is 31.3 Å². The fourth-order valence-corrected chi connectivity index (χ4v) is 2.75. The van der Waals surface area contributed by atoms with Crippen LogP contribution in [0.4, 0.5) is 0 Å². The number of benzene rings is 1. The van der Waals surface area contributed by atoms with E-state index in [1.807, 2.05) is 31.2 Å². The first kappa shape index (κ1) is 18.4. The van der Waals surface area contributed by atoms with Crippen LogP contribution >= 0.6 is 0 Å². The monoisotopic (exact) mass is 360 g/mol. The van der Waals surface area contributed by atoms with Gasteiger partial charge >= 0.3 is 5.97 Å². The van der Waals surface area contributed by atoms with Crippen LogP contribution in [-0.4, -0.2) is 42.0 Å². The molecule has 1 aliphatic heterocycles. The lowest BCUT2D eigenvalue weighted by atomic mass is 10.1. The maximum absolute atomic E-state index is 11.9. The molecule has 1 saturated heterocycles. The van der Waals surface area contributed by atoms with Gasteiger partial charge in [-0.25, -0.2) is 0 Å². The van der Waals surface area contributed by atoms with E-state index in [1.54, 1.807) is 0 Å². The topological polar surface area (TPSA) is 83.7 Å². The van der Waals surface area contributed by atoms with Crippen LogP contribution in [0.1, 0.15) is 38.5 Å². The van der Waals surface area contributed by atoms with Crippen molar-refractivity contribution in [3.8, 4) is 17.1 Å². The summed E-state index contributed by atoms with van der Waals surface area (Å²) in [6, 6.07) is 7.47. The van der Waals surface area contributed by atoms with Crippen molar-refractivity contribution < 1.29 is 23.5 Å². The zero-order valence-electron chi connectivity index (χ0n) is 15.0. The Kier molecular flexibility index (Phi) is 6.60. The molecule has 1 fully saturated rings. The van der Waals surface area contributed by atoms with Crippen molar-refractivity contribution >= 4 is 5.97 Å². The van der Waals surface area contributed by atoms with Crippen LogP contribution in [-0.2, 0) is 20.7 Å². The third kappa shape index (κ3) is 5.29. The Labute approximate surface area is 152 Å². The summed E-state index contributed by atoms with van der Waals surface area (Å²) >= 11 is 0. The van der Waals surface area contributed by atoms with Crippen LogP contribution in [0.25, 0.3) is 11.4 Å². The number of nitrogens with zero attached hydrogens (tertiary/aromatic N) is 2. The van der Waals surface area contributed by atoms with E-state index in [2.05, 4.69) is 10.1 Å². The van der Waals surface area contributed by atoms with Gasteiger partial charge in [0.2, 0.25) is 11.7 Å². The minimum Gasteiger partial charge on any atom is -0.494 e. The minimum absolute atomic E-state index is 0.0300. The first-order valence-electron chi connectivity index (χ1n) is 9.07. The SMILES string of the molecule is CCOc1ccc(-c2noc(CCC(=O)OCC3CCCCO3)n2)cc1. The van der Waals surface area contributed by atoms with Crippen LogP contribution in [0.5, 0.6) is 5.75 Å². The Hall–Kier alpha value is -2.41. The number of hydrogen-bond donors (Lipinski definition) is 0. The summed E-state index contributed by atoms with van der Waals surface area (Å²) in [5.74, 6) is 1.43. The summed E-state index contributed by atoms with van der Waals surface area (Å²) in [7, 11) is 0. The molecule has 7 nitrogen and oxygen atoms in total.